The molecule has 2 heterocycles. The molecule has 2 rings (SSSR count). The van der Waals surface area contributed by atoms with Crippen LogP contribution in [0.25, 0.3) is 11.2 Å². The van der Waals surface area contributed by atoms with Gasteiger partial charge in [-0.15, -0.1) is 0 Å². The van der Waals surface area contributed by atoms with Crippen LogP contribution in [0.5, 0.6) is 5.88 Å². The number of nitrogens with two attached hydrogens (primary N) is 1. The molecule has 0 amide bonds. The molecule has 0 saturated carbocycles. The van der Waals surface area contributed by atoms with Crippen molar-refractivity contribution in [3.8, 4) is 5.88 Å². The molecular formula is C11H17N5O. The van der Waals surface area contributed by atoms with Crippen molar-refractivity contribution < 1.29 is 4.74 Å². The van der Waals surface area contributed by atoms with E-state index in [1.165, 1.54) is 6.33 Å². The number of imidazole rings is 1. The molecule has 0 aliphatic heterocycles. The van der Waals surface area contributed by atoms with Crippen LogP contribution in [0, 0.1) is 0 Å². The molecule has 0 aromatic carbocycles. The average Bonchev–Trinajstić information content (AvgIpc) is 2.65. The minimum absolute atomic E-state index is 0.268. The number of rotatable bonds is 4. The zero-order valence-corrected chi connectivity index (χ0v) is 10.3. The minimum Gasteiger partial charge on any atom is -0.479 e. The molecule has 0 spiro atoms. The molecular weight excluding hydrogens is 218 g/mol. The normalized spacial score (nSPS) is 12.9. The summed E-state index contributed by atoms with van der Waals surface area (Å²) in [5, 5.41) is 0. The Bertz CT molecular complexity index is 522. The Morgan fingerprint density at radius 3 is 2.88 bits per heavy atom. The summed E-state index contributed by atoms with van der Waals surface area (Å²) < 4.78 is 7.09. The van der Waals surface area contributed by atoms with Crippen molar-refractivity contribution in [1.82, 2.24) is 19.5 Å². The molecule has 6 nitrogen and oxygen atoms in total. The number of anilines is 1. The first kappa shape index (κ1) is 11.6. The van der Waals surface area contributed by atoms with Crippen LogP contribution < -0.4 is 10.5 Å². The van der Waals surface area contributed by atoms with Crippen molar-refractivity contribution in [2.24, 2.45) is 0 Å². The third-order valence-corrected chi connectivity index (χ3v) is 2.81. The van der Waals surface area contributed by atoms with E-state index in [0.29, 0.717) is 17.3 Å². The van der Waals surface area contributed by atoms with E-state index in [1.807, 2.05) is 4.57 Å². The highest BCUT2D eigenvalue weighted by molar-refractivity contribution is 5.79. The highest BCUT2D eigenvalue weighted by atomic mass is 16.5. The summed E-state index contributed by atoms with van der Waals surface area (Å²) in [4.78, 5) is 12.5. The second-order valence-corrected chi connectivity index (χ2v) is 4.03. The largest absolute Gasteiger partial charge is 0.479 e. The predicted octanol–water partition coefficient (Wildman–Crippen LogP) is 1.78. The fourth-order valence-corrected chi connectivity index (χ4v) is 2.04. The number of hydrogen-bond donors (Lipinski definition) is 1. The van der Waals surface area contributed by atoms with E-state index in [4.69, 9.17) is 10.5 Å². The Hall–Kier alpha value is -1.85. The van der Waals surface area contributed by atoms with E-state index < -0.39 is 0 Å². The first-order valence-electron chi connectivity index (χ1n) is 5.71. The summed E-state index contributed by atoms with van der Waals surface area (Å²) in [7, 11) is 1.56. The van der Waals surface area contributed by atoms with Crippen LogP contribution in [0.15, 0.2) is 6.33 Å². The van der Waals surface area contributed by atoms with Gasteiger partial charge in [0.05, 0.1) is 7.11 Å². The zero-order chi connectivity index (χ0) is 12.4. The summed E-state index contributed by atoms with van der Waals surface area (Å²) >= 11 is 0. The van der Waals surface area contributed by atoms with Gasteiger partial charge in [-0.2, -0.15) is 4.98 Å². The number of nitrogens with zero attached hydrogens (tertiary/aromatic N) is 4. The van der Waals surface area contributed by atoms with Crippen LogP contribution >= 0.6 is 0 Å². The number of fused-ring (bicyclic) bond motifs is 1. The molecule has 1 unspecified atom stereocenters. The standard InChI is InChI=1S/C11H17N5O/c1-4-5-7(2)16-9-8(15-11(16)12)10(17-3)14-6-13-9/h6-7H,4-5H2,1-3H3,(H2,12,15). The second kappa shape index (κ2) is 4.57. The van der Waals surface area contributed by atoms with Gasteiger partial charge in [0.2, 0.25) is 11.8 Å². The van der Waals surface area contributed by atoms with E-state index in [2.05, 4.69) is 28.8 Å². The van der Waals surface area contributed by atoms with Crippen molar-refractivity contribution in [2.45, 2.75) is 32.7 Å². The average molecular weight is 235 g/mol. The minimum atomic E-state index is 0.268. The lowest BCUT2D eigenvalue weighted by atomic mass is 10.2. The Balaban J connectivity index is 2.59. The summed E-state index contributed by atoms with van der Waals surface area (Å²) in [5.74, 6) is 0.920. The SMILES string of the molecule is CCCC(C)n1c(N)nc2c(OC)ncnc21. The smallest absolute Gasteiger partial charge is 0.245 e. The molecule has 0 saturated heterocycles. The highest BCUT2D eigenvalue weighted by Gasteiger charge is 2.17. The fourth-order valence-electron chi connectivity index (χ4n) is 2.04. The van der Waals surface area contributed by atoms with Gasteiger partial charge in [-0.05, 0) is 13.3 Å². The van der Waals surface area contributed by atoms with Gasteiger partial charge in [0.1, 0.15) is 6.33 Å². The maximum atomic E-state index is 5.94. The van der Waals surface area contributed by atoms with Crippen LogP contribution in [0.3, 0.4) is 0 Å². The van der Waals surface area contributed by atoms with Crippen molar-refractivity contribution in [1.29, 1.82) is 0 Å². The van der Waals surface area contributed by atoms with Crippen LogP contribution in [-0.2, 0) is 0 Å². The maximum Gasteiger partial charge on any atom is 0.245 e. The molecule has 0 fully saturated rings. The Morgan fingerprint density at radius 1 is 1.47 bits per heavy atom. The topological polar surface area (TPSA) is 78.9 Å². The van der Waals surface area contributed by atoms with Crippen LogP contribution in [0.1, 0.15) is 32.7 Å². The molecule has 2 aromatic heterocycles. The third kappa shape index (κ3) is 1.90. The first-order chi connectivity index (χ1) is 8.19. The Labute approximate surface area is 99.8 Å². The van der Waals surface area contributed by atoms with Gasteiger partial charge in [-0.3, -0.25) is 4.57 Å². The Kier molecular flexibility index (Phi) is 3.12. The number of ether oxygens (including phenoxy) is 1. The Morgan fingerprint density at radius 2 is 2.24 bits per heavy atom. The second-order valence-electron chi connectivity index (χ2n) is 4.03. The van der Waals surface area contributed by atoms with Crippen LogP contribution in [0.4, 0.5) is 5.95 Å². The molecule has 0 radical (unpaired) electrons. The van der Waals surface area contributed by atoms with Gasteiger partial charge in [0, 0.05) is 6.04 Å². The fraction of sp³-hybridized carbons (Fsp3) is 0.545. The van der Waals surface area contributed by atoms with E-state index in [1.54, 1.807) is 7.11 Å². The highest BCUT2D eigenvalue weighted by Crippen LogP contribution is 2.27. The molecule has 92 valence electrons. The van der Waals surface area contributed by atoms with E-state index in [0.717, 1.165) is 18.5 Å². The molecule has 1 atom stereocenters. The van der Waals surface area contributed by atoms with Gasteiger partial charge in [0.15, 0.2) is 11.2 Å². The van der Waals surface area contributed by atoms with Crippen molar-refractivity contribution in [3.05, 3.63) is 6.33 Å². The number of methoxy groups -OCH3 is 1. The molecule has 0 bridgehead atoms. The zero-order valence-electron chi connectivity index (χ0n) is 10.3. The molecule has 2 aromatic rings. The van der Waals surface area contributed by atoms with Crippen LogP contribution in [-0.4, -0.2) is 26.6 Å². The quantitative estimate of drug-likeness (QED) is 0.873. The summed E-state index contributed by atoms with van der Waals surface area (Å²) in [5.41, 5.74) is 7.29. The molecule has 2 N–H and O–H groups in total. The maximum absolute atomic E-state index is 5.94. The summed E-state index contributed by atoms with van der Waals surface area (Å²) in [6.07, 6.45) is 3.59. The van der Waals surface area contributed by atoms with Crippen molar-refractivity contribution in [3.63, 3.8) is 0 Å². The van der Waals surface area contributed by atoms with Gasteiger partial charge in [-0.25, -0.2) is 9.97 Å². The van der Waals surface area contributed by atoms with Gasteiger partial charge < -0.3 is 10.5 Å². The molecule has 0 aliphatic carbocycles. The monoisotopic (exact) mass is 235 g/mol. The van der Waals surface area contributed by atoms with E-state index in [-0.39, 0.29) is 6.04 Å². The number of nitrogen functional groups attached to an aromatic ring is 1. The first-order valence-corrected chi connectivity index (χ1v) is 5.71. The lowest BCUT2D eigenvalue weighted by Gasteiger charge is -2.13. The third-order valence-electron chi connectivity index (χ3n) is 2.81. The number of aromatic nitrogens is 4. The van der Waals surface area contributed by atoms with Gasteiger partial charge in [0.25, 0.3) is 0 Å². The number of hydrogen-bond acceptors (Lipinski definition) is 5. The van der Waals surface area contributed by atoms with Crippen molar-refractivity contribution >= 4 is 17.1 Å². The lowest BCUT2D eigenvalue weighted by Crippen LogP contribution is -2.09. The van der Waals surface area contributed by atoms with Crippen molar-refractivity contribution in [2.75, 3.05) is 12.8 Å². The van der Waals surface area contributed by atoms with Crippen LogP contribution in [0.2, 0.25) is 0 Å². The summed E-state index contributed by atoms with van der Waals surface area (Å²) in [6, 6.07) is 0.268. The van der Waals surface area contributed by atoms with Gasteiger partial charge >= 0.3 is 0 Å². The van der Waals surface area contributed by atoms with E-state index >= 15 is 0 Å². The molecule has 17 heavy (non-hydrogen) atoms. The van der Waals surface area contributed by atoms with Gasteiger partial charge in [-0.1, -0.05) is 13.3 Å². The predicted molar refractivity (Wildman–Crippen MR) is 65.9 cm³/mol. The molecule has 6 heteroatoms. The summed E-state index contributed by atoms with van der Waals surface area (Å²) in [6.45, 7) is 4.25. The van der Waals surface area contributed by atoms with E-state index in [9.17, 15) is 0 Å². The lowest BCUT2D eigenvalue weighted by molar-refractivity contribution is 0.401. The molecule has 0 aliphatic rings.